The molecule has 0 bridgehead atoms. The number of carbonyl (C=O) groups excluding carboxylic acids is 1. The van der Waals surface area contributed by atoms with Crippen molar-refractivity contribution in [1.29, 1.82) is 0 Å². The van der Waals surface area contributed by atoms with Crippen molar-refractivity contribution in [3.8, 4) is 0 Å². The summed E-state index contributed by atoms with van der Waals surface area (Å²) in [5.74, 6) is -0.112. The maximum absolute atomic E-state index is 12.6. The molecule has 1 saturated heterocycles. The minimum Gasteiger partial charge on any atom is -0.268 e. The van der Waals surface area contributed by atoms with Crippen LogP contribution >= 0.6 is 35.6 Å². The van der Waals surface area contributed by atoms with Crippen LogP contribution in [0.4, 0.5) is 5.69 Å². The molecule has 5 heteroatoms. The van der Waals surface area contributed by atoms with E-state index < -0.39 is 0 Å². The van der Waals surface area contributed by atoms with Gasteiger partial charge in [-0.15, -0.1) is 0 Å². The van der Waals surface area contributed by atoms with Crippen LogP contribution in [-0.4, -0.2) is 10.2 Å². The van der Waals surface area contributed by atoms with E-state index in [2.05, 4.69) is 0 Å². The number of benzene rings is 2. The van der Waals surface area contributed by atoms with Gasteiger partial charge in [-0.1, -0.05) is 71.5 Å². The molecule has 1 aliphatic heterocycles. The number of aryl methyl sites for hydroxylation is 1. The van der Waals surface area contributed by atoms with Crippen LogP contribution in [0.5, 0.6) is 0 Å². The highest BCUT2D eigenvalue weighted by atomic mass is 35.5. The van der Waals surface area contributed by atoms with Gasteiger partial charge in [0.1, 0.15) is 0 Å². The normalized spacial score (nSPS) is 16.6. The Kier molecular flexibility index (Phi) is 4.34. The number of carbonyl (C=O) groups is 1. The molecule has 0 saturated carbocycles. The molecule has 0 radical (unpaired) electrons. The van der Waals surface area contributed by atoms with Gasteiger partial charge in [0, 0.05) is 5.02 Å². The number of hydrogen-bond donors (Lipinski definition) is 0. The Morgan fingerprint density at radius 2 is 1.82 bits per heavy atom. The number of hydrogen-bond acceptors (Lipinski definition) is 3. The van der Waals surface area contributed by atoms with Crippen molar-refractivity contribution in [3.63, 3.8) is 0 Å². The van der Waals surface area contributed by atoms with Crippen molar-refractivity contribution in [2.45, 2.75) is 6.92 Å². The lowest BCUT2D eigenvalue weighted by Gasteiger charge is -2.14. The number of halogens is 1. The Hall–Kier alpha value is -1.62. The molecule has 0 atom stereocenters. The van der Waals surface area contributed by atoms with Crippen LogP contribution in [0.15, 0.2) is 53.4 Å². The second-order valence-corrected chi connectivity index (χ2v) is 6.96. The second kappa shape index (κ2) is 6.24. The molecular formula is C17H12ClNOS2. The third kappa shape index (κ3) is 2.95. The predicted molar refractivity (Wildman–Crippen MR) is 98.3 cm³/mol. The van der Waals surface area contributed by atoms with Crippen molar-refractivity contribution < 1.29 is 4.79 Å². The minimum absolute atomic E-state index is 0.112. The SMILES string of the molecule is Cc1ccc(N2C(=O)C(=Cc3ccccc3Cl)SC2=S)cc1. The molecule has 1 fully saturated rings. The first-order valence-electron chi connectivity index (χ1n) is 6.65. The first kappa shape index (κ1) is 15.3. The van der Waals surface area contributed by atoms with Gasteiger partial charge in [-0.05, 0) is 36.8 Å². The molecule has 110 valence electrons. The first-order valence-corrected chi connectivity index (χ1v) is 8.26. The standard InChI is InChI=1S/C17H12ClNOS2/c1-11-6-8-13(9-7-11)19-16(20)15(22-17(19)21)10-12-4-2-3-5-14(12)18/h2-10H,1H3. The monoisotopic (exact) mass is 345 g/mol. The van der Waals surface area contributed by atoms with Gasteiger partial charge in [-0.2, -0.15) is 0 Å². The zero-order valence-electron chi connectivity index (χ0n) is 11.7. The van der Waals surface area contributed by atoms with Crippen molar-refractivity contribution in [2.24, 2.45) is 0 Å². The van der Waals surface area contributed by atoms with Crippen molar-refractivity contribution in [1.82, 2.24) is 0 Å². The van der Waals surface area contributed by atoms with Gasteiger partial charge in [0.25, 0.3) is 5.91 Å². The summed E-state index contributed by atoms with van der Waals surface area (Å²) in [5, 5.41) is 0.614. The zero-order chi connectivity index (χ0) is 15.7. The molecule has 0 aromatic heterocycles. The maximum atomic E-state index is 12.6. The Bertz CT molecular complexity index is 784. The van der Waals surface area contributed by atoms with Crippen molar-refractivity contribution in [2.75, 3.05) is 4.90 Å². The van der Waals surface area contributed by atoms with E-state index in [-0.39, 0.29) is 5.91 Å². The number of thiocarbonyl (C=S) groups is 1. The number of rotatable bonds is 2. The highest BCUT2D eigenvalue weighted by Crippen LogP contribution is 2.36. The third-order valence-electron chi connectivity index (χ3n) is 3.28. The predicted octanol–water partition coefficient (Wildman–Crippen LogP) is 5.05. The topological polar surface area (TPSA) is 20.3 Å². The van der Waals surface area contributed by atoms with Gasteiger partial charge >= 0.3 is 0 Å². The summed E-state index contributed by atoms with van der Waals surface area (Å²) in [4.78, 5) is 14.8. The van der Waals surface area contributed by atoms with Gasteiger partial charge in [0.05, 0.1) is 10.6 Å². The average molecular weight is 346 g/mol. The van der Waals surface area contributed by atoms with Crippen LogP contribution in [0.25, 0.3) is 6.08 Å². The lowest BCUT2D eigenvalue weighted by molar-refractivity contribution is -0.113. The quantitative estimate of drug-likeness (QED) is 0.561. The van der Waals surface area contributed by atoms with E-state index in [4.69, 9.17) is 23.8 Å². The van der Waals surface area contributed by atoms with E-state index in [1.807, 2.05) is 49.4 Å². The fraction of sp³-hybridized carbons (Fsp3) is 0.0588. The average Bonchev–Trinajstić information content (AvgIpc) is 2.77. The maximum Gasteiger partial charge on any atom is 0.270 e. The second-order valence-electron chi connectivity index (χ2n) is 4.87. The summed E-state index contributed by atoms with van der Waals surface area (Å²) in [5.41, 5.74) is 2.74. The molecule has 2 aromatic rings. The van der Waals surface area contributed by atoms with Crippen LogP contribution in [0.2, 0.25) is 5.02 Å². The Morgan fingerprint density at radius 3 is 2.50 bits per heavy atom. The summed E-state index contributed by atoms with van der Waals surface area (Å²) < 4.78 is 0.534. The first-order chi connectivity index (χ1) is 10.6. The summed E-state index contributed by atoms with van der Waals surface area (Å²) in [6.07, 6.45) is 1.79. The van der Waals surface area contributed by atoms with E-state index >= 15 is 0 Å². The van der Waals surface area contributed by atoms with E-state index in [1.54, 1.807) is 17.0 Å². The number of thioether (sulfide) groups is 1. The molecule has 2 nitrogen and oxygen atoms in total. The van der Waals surface area contributed by atoms with Crippen LogP contribution in [0.3, 0.4) is 0 Å². The van der Waals surface area contributed by atoms with Gasteiger partial charge in [0.2, 0.25) is 0 Å². The molecule has 3 rings (SSSR count). The largest absolute Gasteiger partial charge is 0.270 e. The molecule has 1 aliphatic rings. The third-order valence-corrected chi connectivity index (χ3v) is 4.92. The fourth-order valence-electron chi connectivity index (χ4n) is 2.12. The van der Waals surface area contributed by atoms with E-state index in [9.17, 15) is 4.79 Å². The highest BCUT2D eigenvalue weighted by Gasteiger charge is 2.33. The molecule has 0 unspecified atom stereocenters. The highest BCUT2D eigenvalue weighted by molar-refractivity contribution is 8.27. The van der Waals surface area contributed by atoms with Crippen molar-refractivity contribution >= 4 is 57.6 Å². The molecule has 2 aromatic carbocycles. The van der Waals surface area contributed by atoms with E-state index in [0.29, 0.717) is 14.2 Å². The number of anilines is 1. The van der Waals surface area contributed by atoms with Gasteiger partial charge < -0.3 is 0 Å². The van der Waals surface area contributed by atoms with E-state index in [0.717, 1.165) is 16.8 Å². The van der Waals surface area contributed by atoms with Crippen molar-refractivity contribution in [3.05, 3.63) is 69.6 Å². The van der Waals surface area contributed by atoms with E-state index in [1.165, 1.54) is 11.8 Å². The molecule has 0 aliphatic carbocycles. The number of nitrogens with zero attached hydrogens (tertiary/aromatic N) is 1. The molecule has 1 heterocycles. The molecule has 0 spiro atoms. The Morgan fingerprint density at radius 1 is 1.14 bits per heavy atom. The van der Waals surface area contributed by atoms with Crippen LogP contribution < -0.4 is 4.90 Å². The van der Waals surface area contributed by atoms with Gasteiger partial charge in [0.15, 0.2) is 4.32 Å². The molecule has 1 amide bonds. The summed E-state index contributed by atoms with van der Waals surface area (Å²) in [6, 6.07) is 15.2. The van der Waals surface area contributed by atoms with Crippen LogP contribution in [-0.2, 0) is 4.79 Å². The fourth-order valence-corrected chi connectivity index (χ4v) is 3.60. The number of amides is 1. The lowest BCUT2D eigenvalue weighted by atomic mass is 10.2. The summed E-state index contributed by atoms with van der Waals surface area (Å²) in [6.45, 7) is 2.01. The minimum atomic E-state index is -0.112. The van der Waals surface area contributed by atoms with Crippen LogP contribution in [0, 0.1) is 6.92 Å². The molecular weight excluding hydrogens is 334 g/mol. The molecule has 0 N–H and O–H groups in total. The summed E-state index contributed by atoms with van der Waals surface area (Å²) >= 11 is 12.8. The van der Waals surface area contributed by atoms with Gasteiger partial charge in [-0.25, -0.2) is 0 Å². The Balaban J connectivity index is 1.95. The Labute approximate surface area is 143 Å². The smallest absolute Gasteiger partial charge is 0.268 e. The van der Waals surface area contributed by atoms with Crippen LogP contribution in [0.1, 0.15) is 11.1 Å². The summed E-state index contributed by atoms with van der Waals surface area (Å²) in [7, 11) is 0. The van der Waals surface area contributed by atoms with Gasteiger partial charge in [-0.3, -0.25) is 9.69 Å². The zero-order valence-corrected chi connectivity index (χ0v) is 14.1. The lowest BCUT2D eigenvalue weighted by Crippen LogP contribution is -2.27. The molecule has 22 heavy (non-hydrogen) atoms.